The summed E-state index contributed by atoms with van der Waals surface area (Å²) in [7, 11) is 1.93. The highest BCUT2D eigenvalue weighted by Gasteiger charge is 2.28. The molecule has 2 aromatic heterocycles. The van der Waals surface area contributed by atoms with Gasteiger partial charge in [0.05, 0.1) is 20.8 Å². The number of carbonyl (C=O) groups excluding carboxylic acids is 1. The molecule has 0 atom stereocenters. The number of aromatic amines is 1. The van der Waals surface area contributed by atoms with Crippen molar-refractivity contribution >= 4 is 49.4 Å². The predicted molar refractivity (Wildman–Crippen MR) is 77.6 cm³/mol. The van der Waals surface area contributed by atoms with Gasteiger partial charge in [-0.15, -0.1) is 0 Å². The number of hydrogen-bond acceptors (Lipinski definition) is 4. The highest BCUT2D eigenvalue weighted by Crippen LogP contribution is 2.31. The zero-order valence-corrected chi connectivity index (χ0v) is 13.1. The predicted octanol–water partition coefficient (Wildman–Crippen LogP) is 0.587. The first kappa shape index (κ1) is 17.0. The summed E-state index contributed by atoms with van der Waals surface area (Å²) in [5.74, 6) is -3.01. The van der Waals surface area contributed by atoms with Crippen LogP contribution in [0.3, 0.4) is 0 Å². The maximum Gasteiger partial charge on any atom is 0.430 e. The van der Waals surface area contributed by atoms with Crippen molar-refractivity contribution in [3.63, 3.8) is 0 Å². The lowest BCUT2D eigenvalue weighted by atomic mass is 10.1. The van der Waals surface area contributed by atoms with Gasteiger partial charge in [-0.05, 0) is 22.0 Å². The fourth-order valence-corrected chi connectivity index (χ4v) is 2.73. The molecule has 6 nitrogen and oxygen atoms in total. The van der Waals surface area contributed by atoms with Gasteiger partial charge in [-0.25, -0.2) is 4.98 Å². The van der Waals surface area contributed by atoms with Gasteiger partial charge in [0, 0.05) is 13.2 Å². The van der Waals surface area contributed by atoms with Crippen molar-refractivity contribution in [2.24, 2.45) is 7.05 Å². The van der Waals surface area contributed by atoms with E-state index in [-0.39, 0.29) is 11.1 Å². The van der Waals surface area contributed by atoms with Crippen LogP contribution in [0.2, 0.25) is 0 Å². The Bertz CT molecular complexity index is 953. The van der Waals surface area contributed by atoms with Crippen molar-refractivity contribution in [2.75, 3.05) is 5.73 Å². The maximum absolute atomic E-state index is 11.9. The molecular weight excluding hydrogens is 383 g/mol. The van der Waals surface area contributed by atoms with Crippen LogP contribution in [-0.2, 0) is 11.8 Å². The number of nitrogens with one attached hydrogen (secondary N) is 1. The van der Waals surface area contributed by atoms with E-state index in [1.165, 1.54) is 0 Å². The molecule has 3 aromatic rings. The van der Waals surface area contributed by atoms with E-state index >= 15 is 0 Å². The molecule has 122 valence electrons. The van der Waals surface area contributed by atoms with E-state index in [2.05, 4.69) is 20.9 Å². The Morgan fingerprint density at radius 1 is 1.43 bits per heavy atom. The van der Waals surface area contributed by atoms with Crippen LogP contribution in [0.25, 0.3) is 21.8 Å². The molecular formula is C13H9BrF3N3O3. The van der Waals surface area contributed by atoms with Crippen LogP contribution >= 0.6 is 15.9 Å². The number of nitrogens with two attached hydrogens (primary N) is 1. The normalized spacial score (nSPS) is 11.5. The van der Waals surface area contributed by atoms with Crippen LogP contribution in [0.4, 0.5) is 18.9 Å². The van der Waals surface area contributed by atoms with Crippen LogP contribution in [0.1, 0.15) is 0 Å². The molecule has 10 heteroatoms. The number of aromatic nitrogens is 2. The molecule has 3 rings (SSSR count). The Labute approximate surface area is 134 Å². The number of pyridine rings is 1. The number of nitrogen functional groups attached to an aromatic ring is 1. The summed E-state index contributed by atoms with van der Waals surface area (Å²) in [6.45, 7) is 0. The number of anilines is 1. The largest absolute Gasteiger partial charge is 0.542 e. The lowest BCUT2D eigenvalue weighted by Gasteiger charge is -2.07. The minimum atomic E-state index is -5.19. The lowest BCUT2D eigenvalue weighted by Crippen LogP contribution is -2.37. The average Bonchev–Trinajstić information content (AvgIpc) is 2.87. The number of alkyl halides is 3. The second kappa shape index (κ2) is 5.69. The third-order valence-electron chi connectivity index (χ3n) is 3.13. The van der Waals surface area contributed by atoms with E-state index in [1.807, 2.05) is 30.1 Å². The van der Waals surface area contributed by atoms with Gasteiger partial charge in [0.1, 0.15) is 11.7 Å². The van der Waals surface area contributed by atoms with Crippen molar-refractivity contribution < 1.29 is 28.1 Å². The van der Waals surface area contributed by atoms with Gasteiger partial charge in [-0.3, -0.25) is 4.79 Å². The molecule has 0 aliphatic heterocycles. The zero-order chi connectivity index (χ0) is 17.5. The summed E-state index contributed by atoms with van der Waals surface area (Å²) >= 11 is 3.39. The molecule has 0 bridgehead atoms. The van der Waals surface area contributed by atoms with Gasteiger partial charge in [-0.2, -0.15) is 13.2 Å². The Balaban J connectivity index is 0.000000236. The van der Waals surface area contributed by atoms with Crippen LogP contribution in [0.15, 0.2) is 27.7 Å². The number of carboxylic acids is 1. The number of hydrogen-bond donors (Lipinski definition) is 1. The number of halogens is 4. The van der Waals surface area contributed by atoms with E-state index in [0.29, 0.717) is 9.99 Å². The molecule has 2 heterocycles. The first-order chi connectivity index (χ1) is 10.6. The van der Waals surface area contributed by atoms with Crippen molar-refractivity contribution in [1.29, 1.82) is 0 Å². The molecule has 0 fully saturated rings. The summed E-state index contributed by atoms with van der Waals surface area (Å²) < 4.78 is 34.2. The molecule has 0 aliphatic rings. The van der Waals surface area contributed by atoms with Gasteiger partial charge in [-0.1, -0.05) is 0 Å². The molecule has 0 radical (unpaired) electrons. The first-order valence-corrected chi connectivity index (χ1v) is 6.83. The molecule has 0 amide bonds. The fraction of sp³-hybridized carbons (Fsp3) is 0.154. The van der Waals surface area contributed by atoms with E-state index in [9.17, 15) is 18.0 Å². The minimum absolute atomic E-state index is 0.152. The first-order valence-electron chi connectivity index (χ1n) is 6.04. The van der Waals surface area contributed by atoms with E-state index in [0.717, 1.165) is 16.3 Å². The minimum Gasteiger partial charge on any atom is -0.542 e. The highest BCUT2D eigenvalue weighted by atomic mass is 79.9. The third kappa shape index (κ3) is 2.93. The van der Waals surface area contributed by atoms with Gasteiger partial charge in [0.15, 0.2) is 6.20 Å². The van der Waals surface area contributed by atoms with Crippen LogP contribution in [-0.4, -0.2) is 16.7 Å². The molecule has 0 unspecified atom stereocenters. The number of H-pyrrole nitrogens is 1. The number of rotatable bonds is 0. The summed E-state index contributed by atoms with van der Waals surface area (Å²) in [6.07, 6.45) is -1.43. The van der Waals surface area contributed by atoms with Gasteiger partial charge in [0.25, 0.3) is 10.9 Å². The van der Waals surface area contributed by atoms with Gasteiger partial charge in [0.2, 0.25) is 0 Å². The quantitative estimate of drug-likeness (QED) is 0.566. The Morgan fingerprint density at radius 3 is 2.52 bits per heavy atom. The topological polar surface area (TPSA) is 102 Å². The smallest absolute Gasteiger partial charge is 0.430 e. The van der Waals surface area contributed by atoms with E-state index in [1.54, 1.807) is 0 Å². The number of aryl methyl sites for hydroxylation is 1. The highest BCUT2D eigenvalue weighted by molar-refractivity contribution is 9.10. The Hall–Kier alpha value is -2.36. The molecule has 3 N–H and O–H groups in total. The number of benzene rings is 1. The zero-order valence-electron chi connectivity index (χ0n) is 11.5. The molecule has 23 heavy (non-hydrogen) atoms. The second-order valence-corrected chi connectivity index (χ2v) is 5.40. The van der Waals surface area contributed by atoms with Gasteiger partial charge < -0.3 is 20.2 Å². The van der Waals surface area contributed by atoms with Gasteiger partial charge >= 0.3 is 6.18 Å². The van der Waals surface area contributed by atoms with Crippen LogP contribution < -0.4 is 21.3 Å². The van der Waals surface area contributed by atoms with Crippen molar-refractivity contribution in [1.82, 2.24) is 4.57 Å². The van der Waals surface area contributed by atoms with E-state index < -0.39 is 12.1 Å². The van der Waals surface area contributed by atoms with Crippen LogP contribution in [0.5, 0.6) is 0 Å². The Morgan fingerprint density at radius 2 is 2.00 bits per heavy atom. The third-order valence-corrected chi connectivity index (χ3v) is 3.93. The number of nitrogens with zero attached hydrogens (tertiary/aromatic N) is 1. The van der Waals surface area contributed by atoms with Crippen molar-refractivity contribution in [3.05, 3.63) is 33.2 Å². The van der Waals surface area contributed by atoms with Crippen molar-refractivity contribution in [2.45, 2.75) is 6.18 Å². The standard InChI is InChI=1S/C11H8BrN3O.C2HF3O2/c1-15-3-2-5-4-14-9-6(5)10(15)7(12)8(13)11(9)16;3-2(4,5)1(6)7/h2-4H,13H2,1H3;(H,6,7). The molecule has 0 saturated carbocycles. The van der Waals surface area contributed by atoms with Crippen molar-refractivity contribution in [3.8, 4) is 0 Å². The summed E-state index contributed by atoms with van der Waals surface area (Å²) in [6, 6.07) is 1.97. The maximum atomic E-state index is 11.9. The molecule has 0 aliphatic carbocycles. The number of carbonyl (C=O) groups is 1. The summed E-state index contributed by atoms with van der Waals surface area (Å²) in [5, 5.41) is 10.7. The number of aliphatic carboxylic acids is 1. The fourth-order valence-electron chi connectivity index (χ4n) is 2.07. The monoisotopic (exact) mass is 391 g/mol. The van der Waals surface area contributed by atoms with E-state index in [4.69, 9.17) is 15.6 Å². The molecule has 0 saturated heterocycles. The molecule has 0 spiro atoms. The SMILES string of the molecule is Cn1ccc2c[nH+]c3c(=O)c(N)c(Br)c1c23.O=C([O-])C(F)(F)F. The second-order valence-electron chi connectivity index (χ2n) is 4.61. The Kier molecular flexibility index (Phi) is 4.20. The summed E-state index contributed by atoms with van der Waals surface area (Å²) in [5.41, 5.74) is 7.39. The van der Waals surface area contributed by atoms with Crippen LogP contribution in [0, 0.1) is 0 Å². The average molecular weight is 392 g/mol. The summed E-state index contributed by atoms with van der Waals surface area (Å²) in [4.78, 5) is 23.7. The molecule has 1 aromatic carbocycles. The lowest BCUT2D eigenvalue weighted by molar-refractivity contribution is -0.344. The number of carboxylic acid groups (broad SMARTS) is 1.